The Morgan fingerprint density at radius 2 is 1.84 bits per heavy atom. The average molecular weight is 254 g/mol. The first-order valence-electron chi connectivity index (χ1n) is 6.08. The Morgan fingerprint density at radius 1 is 1.05 bits per heavy atom. The summed E-state index contributed by atoms with van der Waals surface area (Å²) in [7, 11) is 1.65. The van der Waals surface area contributed by atoms with Crippen molar-refractivity contribution in [2.24, 2.45) is 0 Å². The second-order valence-electron chi connectivity index (χ2n) is 4.37. The highest BCUT2D eigenvalue weighted by Crippen LogP contribution is 2.29. The van der Waals surface area contributed by atoms with Crippen molar-refractivity contribution in [3.05, 3.63) is 54.1 Å². The lowest BCUT2D eigenvalue weighted by atomic mass is 10.1. The van der Waals surface area contributed by atoms with Gasteiger partial charge in [0.2, 0.25) is 0 Å². The molecule has 0 atom stereocenters. The molecule has 0 bridgehead atoms. The summed E-state index contributed by atoms with van der Waals surface area (Å²) in [5.74, 6) is 1.63. The largest absolute Gasteiger partial charge is 0.497 e. The monoisotopic (exact) mass is 254 g/mol. The number of hydrogen-bond donors (Lipinski definition) is 1. The number of hydrogen-bond acceptors (Lipinski definition) is 3. The molecule has 0 spiro atoms. The van der Waals surface area contributed by atoms with Crippen molar-refractivity contribution in [1.82, 2.24) is 0 Å². The lowest BCUT2D eigenvalue weighted by Gasteiger charge is -2.00. The van der Waals surface area contributed by atoms with Crippen molar-refractivity contribution >= 4 is 11.0 Å². The van der Waals surface area contributed by atoms with Gasteiger partial charge in [-0.25, -0.2) is 0 Å². The molecule has 0 unspecified atom stereocenters. The number of ether oxygens (including phenoxy) is 1. The zero-order valence-electron chi connectivity index (χ0n) is 10.6. The third-order valence-electron chi connectivity index (χ3n) is 3.14. The molecule has 3 nitrogen and oxygen atoms in total. The molecule has 1 aromatic heterocycles. The Bertz CT molecular complexity index is 696. The van der Waals surface area contributed by atoms with Crippen LogP contribution in [0.1, 0.15) is 5.56 Å². The van der Waals surface area contributed by atoms with Gasteiger partial charge in [-0.15, -0.1) is 0 Å². The summed E-state index contributed by atoms with van der Waals surface area (Å²) in [6.45, 7) is 0.0407. The smallest absolute Gasteiger partial charge is 0.135 e. The number of aliphatic hydroxyl groups excluding tert-OH is 1. The van der Waals surface area contributed by atoms with E-state index in [9.17, 15) is 0 Å². The van der Waals surface area contributed by atoms with Crippen molar-refractivity contribution < 1.29 is 14.3 Å². The van der Waals surface area contributed by atoms with Crippen LogP contribution in [0.15, 0.2) is 52.9 Å². The van der Waals surface area contributed by atoms with Gasteiger partial charge in [0, 0.05) is 10.9 Å². The molecule has 1 N–H and O–H groups in total. The van der Waals surface area contributed by atoms with E-state index >= 15 is 0 Å². The standard InChI is InChI=1S/C16H14O3/c1-18-14-5-3-12(4-6-14)16-9-13-8-11(10-17)2-7-15(13)19-16/h2-9,17H,10H2,1H3. The minimum Gasteiger partial charge on any atom is -0.497 e. The Kier molecular flexibility index (Phi) is 2.97. The summed E-state index contributed by atoms with van der Waals surface area (Å²) in [4.78, 5) is 0. The van der Waals surface area contributed by atoms with E-state index in [1.807, 2.05) is 48.5 Å². The Labute approximate surface area is 111 Å². The molecular weight excluding hydrogens is 240 g/mol. The molecule has 0 aliphatic rings. The maximum atomic E-state index is 9.13. The SMILES string of the molecule is COc1ccc(-c2cc3cc(CO)ccc3o2)cc1. The number of benzene rings is 2. The van der Waals surface area contributed by atoms with E-state index in [2.05, 4.69) is 0 Å². The molecule has 0 saturated carbocycles. The highest BCUT2D eigenvalue weighted by Gasteiger charge is 2.07. The van der Waals surface area contributed by atoms with Gasteiger partial charge in [0.25, 0.3) is 0 Å². The van der Waals surface area contributed by atoms with E-state index in [4.69, 9.17) is 14.3 Å². The molecule has 0 saturated heterocycles. The van der Waals surface area contributed by atoms with Crippen LogP contribution >= 0.6 is 0 Å². The van der Waals surface area contributed by atoms with Crippen molar-refractivity contribution in [2.75, 3.05) is 7.11 Å². The van der Waals surface area contributed by atoms with Crippen LogP contribution in [0.2, 0.25) is 0 Å². The molecule has 2 aromatic carbocycles. The first kappa shape index (κ1) is 11.8. The minimum absolute atomic E-state index is 0.0407. The van der Waals surface area contributed by atoms with Gasteiger partial charge in [-0.1, -0.05) is 6.07 Å². The van der Waals surface area contributed by atoms with Crippen molar-refractivity contribution in [2.45, 2.75) is 6.61 Å². The van der Waals surface area contributed by atoms with Crippen molar-refractivity contribution in [3.63, 3.8) is 0 Å². The van der Waals surface area contributed by atoms with Crippen LogP contribution in [0.5, 0.6) is 5.75 Å². The molecule has 3 aromatic rings. The van der Waals surface area contributed by atoms with E-state index < -0.39 is 0 Å². The van der Waals surface area contributed by atoms with Crippen LogP contribution in [-0.4, -0.2) is 12.2 Å². The molecule has 96 valence electrons. The zero-order valence-corrected chi connectivity index (χ0v) is 10.6. The zero-order chi connectivity index (χ0) is 13.2. The van der Waals surface area contributed by atoms with E-state index in [-0.39, 0.29) is 6.61 Å². The fourth-order valence-electron chi connectivity index (χ4n) is 2.09. The van der Waals surface area contributed by atoms with Crippen LogP contribution in [-0.2, 0) is 6.61 Å². The number of methoxy groups -OCH3 is 1. The number of furan rings is 1. The summed E-state index contributed by atoms with van der Waals surface area (Å²) in [6.07, 6.45) is 0. The van der Waals surface area contributed by atoms with Gasteiger partial charge in [0.15, 0.2) is 0 Å². The topological polar surface area (TPSA) is 42.6 Å². The van der Waals surface area contributed by atoms with Gasteiger partial charge in [0.05, 0.1) is 13.7 Å². The van der Waals surface area contributed by atoms with Crippen LogP contribution in [0, 0.1) is 0 Å². The lowest BCUT2D eigenvalue weighted by Crippen LogP contribution is -1.81. The molecule has 0 amide bonds. The molecule has 0 radical (unpaired) electrons. The number of fused-ring (bicyclic) bond motifs is 1. The average Bonchev–Trinajstić information content (AvgIpc) is 2.90. The van der Waals surface area contributed by atoms with Gasteiger partial charge in [-0.3, -0.25) is 0 Å². The maximum absolute atomic E-state index is 9.13. The predicted octanol–water partition coefficient (Wildman–Crippen LogP) is 3.60. The van der Waals surface area contributed by atoms with Crippen LogP contribution in [0.4, 0.5) is 0 Å². The highest BCUT2D eigenvalue weighted by atomic mass is 16.5. The normalized spacial score (nSPS) is 10.8. The maximum Gasteiger partial charge on any atom is 0.135 e. The van der Waals surface area contributed by atoms with Crippen LogP contribution < -0.4 is 4.74 Å². The molecule has 19 heavy (non-hydrogen) atoms. The third-order valence-corrected chi connectivity index (χ3v) is 3.14. The second-order valence-corrected chi connectivity index (χ2v) is 4.37. The molecule has 0 aliphatic carbocycles. The third kappa shape index (κ3) is 2.20. The van der Waals surface area contributed by atoms with E-state index in [0.717, 1.165) is 33.6 Å². The van der Waals surface area contributed by atoms with Gasteiger partial charge < -0.3 is 14.3 Å². The number of aliphatic hydroxyl groups is 1. The quantitative estimate of drug-likeness (QED) is 0.776. The van der Waals surface area contributed by atoms with Gasteiger partial charge in [-0.05, 0) is 48.0 Å². The summed E-state index contributed by atoms with van der Waals surface area (Å²) in [5, 5.41) is 10.1. The second kappa shape index (κ2) is 4.78. The Balaban J connectivity index is 2.04. The van der Waals surface area contributed by atoms with Gasteiger partial charge in [0.1, 0.15) is 17.1 Å². The number of rotatable bonds is 3. The summed E-state index contributed by atoms with van der Waals surface area (Å²) in [6, 6.07) is 15.4. The predicted molar refractivity (Wildman–Crippen MR) is 74.1 cm³/mol. The first-order valence-corrected chi connectivity index (χ1v) is 6.08. The van der Waals surface area contributed by atoms with Gasteiger partial charge in [-0.2, -0.15) is 0 Å². The highest BCUT2D eigenvalue weighted by molar-refractivity contribution is 5.83. The summed E-state index contributed by atoms with van der Waals surface area (Å²) >= 11 is 0. The minimum atomic E-state index is 0.0407. The summed E-state index contributed by atoms with van der Waals surface area (Å²) < 4.78 is 10.9. The molecule has 0 fully saturated rings. The first-order chi connectivity index (χ1) is 9.30. The van der Waals surface area contributed by atoms with E-state index in [0.29, 0.717) is 0 Å². The fraction of sp³-hybridized carbons (Fsp3) is 0.125. The van der Waals surface area contributed by atoms with Crippen molar-refractivity contribution in [3.8, 4) is 17.1 Å². The molecule has 3 rings (SSSR count). The molecular formula is C16H14O3. The fourth-order valence-corrected chi connectivity index (χ4v) is 2.09. The molecule has 1 heterocycles. The van der Waals surface area contributed by atoms with Crippen LogP contribution in [0.3, 0.4) is 0 Å². The summed E-state index contributed by atoms with van der Waals surface area (Å²) in [5.41, 5.74) is 2.71. The lowest BCUT2D eigenvalue weighted by molar-refractivity contribution is 0.282. The van der Waals surface area contributed by atoms with Gasteiger partial charge >= 0.3 is 0 Å². The Morgan fingerprint density at radius 3 is 2.53 bits per heavy atom. The van der Waals surface area contributed by atoms with Crippen LogP contribution in [0.25, 0.3) is 22.3 Å². The molecule has 3 heteroatoms. The van der Waals surface area contributed by atoms with E-state index in [1.54, 1.807) is 7.11 Å². The molecule has 0 aliphatic heterocycles. The Hall–Kier alpha value is -2.26. The van der Waals surface area contributed by atoms with Crippen molar-refractivity contribution in [1.29, 1.82) is 0 Å². The van der Waals surface area contributed by atoms with E-state index in [1.165, 1.54) is 0 Å².